The lowest BCUT2D eigenvalue weighted by Gasteiger charge is -2.30. The molecule has 4 heterocycles. The molecule has 1 aliphatic rings. The van der Waals surface area contributed by atoms with E-state index in [1.807, 2.05) is 0 Å². The van der Waals surface area contributed by atoms with Crippen molar-refractivity contribution in [3.8, 4) is 11.4 Å². The molecule has 1 atom stereocenters. The van der Waals surface area contributed by atoms with Gasteiger partial charge in [-0.15, -0.1) is 0 Å². The first kappa shape index (κ1) is 21.3. The van der Waals surface area contributed by atoms with E-state index in [0.29, 0.717) is 36.5 Å². The minimum atomic E-state index is -3.63. The van der Waals surface area contributed by atoms with Crippen molar-refractivity contribution in [3.05, 3.63) is 66.1 Å². The highest BCUT2D eigenvalue weighted by Gasteiger charge is 2.32. The van der Waals surface area contributed by atoms with Crippen LogP contribution in [0, 0.1) is 5.82 Å². The molecule has 33 heavy (non-hydrogen) atoms. The molecule has 170 valence electrons. The summed E-state index contributed by atoms with van der Waals surface area (Å²) in [6.45, 7) is 0.823. The summed E-state index contributed by atoms with van der Waals surface area (Å²) in [5.74, 6) is -0.290. The number of hydrogen-bond donors (Lipinski definition) is 0. The summed E-state index contributed by atoms with van der Waals surface area (Å²) in [5, 5.41) is 3.79. The lowest BCUT2D eigenvalue weighted by Crippen LogP contribution is -2.39. The van der Waals surface area contributed by atoms with E-state index in [2.05, 4.69) is 15.1 Å². The average Bonchev–Trinajstić information content (AvgIpc) is 3.44. The maximum absolute atomic E-state index is 13.5. The number of carbonyl (C=O) groups is 1. The number of fused-ring (bicyclic) bond motifs is 1. The quantitative estimate of drug-likeness (QED) is 0.452. The van der Waals surface area contributed by atoms with Gasteiger partial charge in [0.2, 0.25) is 26.7 Å². The zero-order chi connectivity index (χ0) is 23.2. The first-order valence-electron chi connectivity index (χ1n) is 10.4. The number of amides is 1. The Kier molecular flexibility index (Phi) is 5.20. The van der Waals surface area contributed by atoms with E-state index >= 15 is 0 Å². The third-order valence-corrected chi connectivity index (χ3v) is 6.58. The van der Waals surface area contributed by atoms with Gasteiger partial charge < -0.3 is 9.42 Å². The number of likely N-dealkylation sites (tertiary alicyclic amines) is 1. The molecule has 0 spiro atoms. The number of piperidine rings is 1. The van der Waals surface area contributed by atoms with Gasteiger partial charge in [-0.25, -0.2) is 17.8 Å². The highest BCUT2D eigenvalue weighted by atomic mass is 32.2. The van der Waals surface area contributed by atoms with Crippen LogP contribution in [0.25, 0.3) is 16.9 Å². The molecule has 0 aliphatic carbocycles. The van der Waals surface area contributed by atoms with E-state index in [9.17, 15) is 17.6 Å². The van der Waals surface area contributed by atoms with Gasteiger partial charge in [0.05, 0.1) is 11.4 Å². The molecule has 1 amide bonds. The van der Waals surface area contributed by atoms with Gasteiger partial charge in [0, 0.05) is 31.1 Å². The van der Waals surface area contributed by atoms with Crippen LogP contribution in [0.3, 0.4) is 0 Å². The highest BCUT2D eigenvalue weighted by Crippen LogP contribution is 2.29. The van der Waals surface area contributed by atoms with Crippen LogP contribution < -0.4 is 0 Å². The van der Waals surface area contributed by atoms with E-state index in [-0.39, 0.29) is 28.5 Å². The average molecular weight is 469 g/mol. The molecule has 0 N–H and O–H groups in total. The number of sulfone groups is 1. The SMILES string of the molecule is CS(=O)(=O)c1nc(C(=O)N2CCCC(c3nc(-c4cccc(F)c4)no3)C2)c2ccccn12. The maximum Gasteiger partial charge on any atom is 0.274 e. The van der Waals surface area contributed by atoms with Crippen molar-refractivity contribution in [2.75, 3.05) is 19.3 Å². The molecular weight excluding hydrogens is 449 g/mol. The summed E-state index contributed by atoms with van der Waals surface area (Å²) in [4.78, 5) is 23.6. The fourth-order valence-electron chi connectivity index (χ4n) is 4.09. The standard InChI is InChI=1S/C22H20FN5O4S/c1-33(30,31)22-24-18(17-9-2-3-11-28(17)22)21(29)27-10-5-7-15(13-27)20-25-19(26-32-20)14-6-4-8-16(23)12-14/h2-4,6,8-9,11-12,15H,5,7,10,13H2,1H3. The summed E-state index contributed by atoms with van der Waals surface area (Å²) >= 11 is 0. The van der Waals surface area contributed by atoms with Gasteiger partial charge in [-0.3, -0.25) is 9.20 Å². The largest absolute Gasteiger partial charge is 0.339 e. The summed E-state index contributed by atoms with van der Waals surface area (Å²) in [7, 11) is -3.63. The monoisotopic (exact) mass is 469 g/mol. The number of aromatic nitrogens is 4. The topological polar surface area (TPSA) is 111 Å². The van der Waals surface area contributed by atoms with E-state index in [0.717, 1.165) is 12.7 Å². The molecule has 1 aliphatic heterocycles. The number of nitrogens with zero attached hydrogens (tertiary/aromatic N) is 5. The minimum absolute atomic E-state index is 0.0858. The van der Waals surface area contributed by atoms with E-state index < -0.39 is 15.7 Å². The smallest absolute Gasteiger partial charge is 0.274 e. The van der Waals surface area contributed by atoms with Crippen molar-refractivity contribution in [1.29, 1.82) is 0 Å². The molecule has 0 bridgehead atoms. The van der Waals surface area contributed by atoms with Crippen molar-refractivity contribution >= 4 is 21.3 Å². The Morgan fingerprint density at radius 1 is 1.18 bits per heavy atom. The summed E-state index contributed by atoms with van der Waals surface area (Å²) < 4.78 is 44.7. The Labute approximate surface area is 188 Å². The molecule has 9 nitrogen and oxygen atoms in total. The van der Waals surface area contributed by atoms with Crippen molar-refractivity contribution in [2.45, 2.75) is 23.9 Å². The molecule has 5 rings (SSSR count). The molecule has 0 saturated carbocycles. The molecule has 1 aromatic carbocycles. The number of imidazole rings is 1. The van der Waals surface area contributed by atoms with Gasteiger partial charge in [-0.05, 0) is 37.1 Å². The van der Waals surface area contributed by atoms with Crippen molar-refractivity contribution < 1.29 is 22.1 Å². The number of rotatable bonds is 4. The molecular formula is C22H20FN5O4S. The lowest BCUT2D eigenvalue weighted by atomic mass is 9.97. The van der Waals surface area contributed by atoms with Crippen LogP contribution in [0.5, 0.6) is 0 Å². The molecule has 4 aromatic rings. The fraction of sp³-hybridized carbons (Fsp3) is 0.273. The van der Waals surface area contributed by atoms with Crippen molar-refractivity contribution in [1.82, 2.24) is 24.4 Å². The van der Waals surface area contributed by atoms with Gasteiger partial charge in [-0.1, -0.05) is 23.4 Å². The van der Waals surface area contributed by atoms with E-state index in [1.54, 1.807) is 41.4 Å². The molecule has 1 unspecified atom stereocenters. The normalized spacial score (nSPS) is 16.9. The third kappa shape index (κ3) is 3.99. The van der Waals surface area contributed by atoms with Crippen LogP contribution in [0.15, 0.2) is 58.3 Å². The Morgan fingerprint density at radius 2 is 2.03 bits per heavy atom. The van der Waals surface area contributed by atoms with Crippen LogP contribution >= 0.6 is 0 Å². The number of hydrogen-bond acceptors (Lipinski definition) is 7. The van der Waals surface area contributed by atoms with Crippen molar-refractivity contribution in [2.24, 2.45) is 0 Å². The molecule has 11 heteroatoms. The van der Waals surface area contributed by atoms with Crippen LogP contribution in [-0.4, -0.2) is 58.1 Å². The van der Waals surface area contributed by atoms with E-state index in [1.165, 1.54) is 16.5 Å². The van der Waals surface area contributed by atoms with E-state index in [4.69, 9.17) is 4.52 Å². The van der Waals surface area contributed by atoms with Crippen LogP contribution in [0.4, 0.5) is 4.39 Å². The molecule has 0 radical (unpaired) electrons. The van der Waals surface area contributed by atoms with Gasteiger partial charge in [0.15, 0.2) is 5.69 Å². The highest BCUT2D eigenvalue weighted by molar-refractivity contribution is 7.90. The zero-order valence-electron chi connectivity index (χ0n) is 17.7. The number of carbonyl (C=O) groups excluding carboxylic acids is 1. The molecule has 1 saturated heterocycles. The van der Waals surface area contributed by atoms with Gasteiger partial charge in [-0.2, -0.15) is 4.98 Å². The zero-order valence-corrected chi connectivity index (χ0v) is 18.5. The molecule has 1 fully saturated rings. The number of pyridine rings is 1. The van der Waals surface area contributed by atoms with Gasteiger partial charge >= 0.3 is 0 Å². The Bertz CT molecular complexity index is 1460. The number of halogens is 1. The summed E-state index contributed by atoms with van der Waals surface area (Å²) in [6, 6.07) is 11.0. The van der Waals surface area contributed by atoms with Crippen molar-refractivity contribution in [3.63, 3.8) is 0 Å². The van der Waals surface area contributed by atoms with Gasteiger partial charge in [0.25, 0.3) is 5.91 Å². The maximum atomic E-state index is 13.5. The predicted octanol–water partition coefficient (Wildman–Crippen LogP) is 2.95. The van der Waals surface area contributed by atoms with Crippen LogP contribution in [0.2, 0.25) is 0 Å². The summed E-state index contributed by atoms with van der Waals surface area (Å²) in [5.41, 5.74) is 1.02. The third-order valence-electron chi connectivity index (χ3n) is 5.63. The van der Waals surface area contributed by atoms with Crippen LogP contribution in [-0.2, 0) is 9.84 Å². The van der Waals surface area contributed by atoms with Gasteiger partial charge in [0.1, 0.15) is 5.82 Å². The Balaban J connectivity index is 1.42. The summed E-state index contributed by atoms with van der Waals surface area (Å²) in [6.07, 6.45) is 4.08. The van der Waals surface area contributed by atoms with Crippen LogP contribution in [0.1, 0.15) is 35.1 Å². The first-order valence-corrected chi connectivity index (χ1v) is 12.3. The lowest BCUT2D eigenvalue weighted by molar-refractivity contribution is 0.0692. The second-order valence-electron chi connectivity index (χ2n) is 8.03. The Hall–Kier alpha value is -3.60. The minimum Gasteiger partial charge on any atom is -0.339 e. The first-order chi connectivity index (χ1) is 15.8. The second kappa shape index (κ2) is 8.07. The number of benzene rings is 1. The second-order valence-corrected chi connectivity index (χ2v) is 9.94. The predicted molar refractivity (Wildman–Crippen MR) is 116 cm³/mol. The fourth-order valence-corrected chi connectivity index (χ4v) is 4.86. The Morgan fingerprint density at radius 3 is 2.82 bits per heavy atom. The molecule has 3 aromatic heterocycles.